The Morgan fingerprint density at radius 2 is 1.65 bits per heavy atom. The van der Waals surface area contributed by atoms with Crippen LogP contribution in [0.5, 0.6) is 5.75 Å². The Morgan fingerprint density at radius 3 is 2.30 bits per heavy atom. The average molecular weight is 271 g/mol. The number of rotatable bonds is 11. The highest BCUT2D eigenvalue weighted by Crippen LogP contribution is 2.13. The second kappa shape index (κ2) is 11.1. The van der Waals surface area contributed by atoms with Crippen LogP contribution in [0.25, 0.3) is 0 Å². The van der Waals surface area contributed by atoms with Crippen molar-refractivity contribution in [2.75, 3.05) is 6.61 Å². The van der Waals surface area contributed by atoms with E-state index in [9.17, 15) is 0 Å². The third-order valence-electron chi connectivity index (χ3n) is 3.28. The summed E-state index contributed by atoms with van der Waals surface area (Å²) in [5, 5.41) is 8.59. The molecule has 0 aliphatic carbocycles. The zero-order chi connectivity index (χ0) is 14.5. The highest BCUT2D eigenvalue weighted by atomic mass is 16.5. The van der Waals surface area contributed by atoms with Crippen molar-refractivity contribution in [2.45, 2.75) is 51.4 Å². The molecule has 0 N–H and O–H groups in total. The van der Waals surface area contributed by atoms with E-state index in [0.717, 1.165) is 30.8 Å². The molecule has 0 radical (unpaired) electrons. The van der Waals surface area contributed by atoms with Gasteiger partial charge in [-0.2, -0.15) is 5.26 Å². The van der Waals surface area contributed by atoms with Crippen molar-refractivity contribution in [3.63, 3.8) is 0 Å². The van der Waals surface area contributed by atoms with Gasteiger partial charge in [-0.15, -0.1) is 6.58 Å². The van der Waals surface area contributed by atoms with Gasteiger partial charge in [-0.25, -0.2) is 0 Å². The third kappa shape index (κ3) is 7.63. The molecule has 108 valence electrons. The highest BCUT2D eigenvalue weighted by molar-refractivity contribution is 5.28. The molecule has 0 saturated carbocycles. The van der Waals surface area contributed by atoms with Gasteiger partial charge in [-0.3, -0.25) is 0 Å². The van der Waals surface area contributed by atoms with Crippen LogP contribution >= 0.6 is 0 Å². The molecule has 0 aromatic heterocycles. The fraction of sp³-hybridized carbons (Fsp3) is 0.500. The first-order valence-electron chi connectivity index (χ1n) is 7.56. The molecule has 0 spiro atoms. The first-order chi connectivity index (χ1) is 9.86. The van der Waals surface area contributed by atoms with E-state index in [1.54, 1.807) is 0 Å². The van der Waals surface area contributed by atoms with Crippen molar-refractivity contribution in [3.8, 4) is 11.8 Å². The van der Waals surface area contributed by atoms with E-state index in [-0.39, 0.29) is 0 Å². The van der Waals surface area contributed by atoms with Gasteiger partial charge in [-0.05, 0) is 37.0 Å². The summed E-state index contributed by atoms with van der Waals surface area (Å²) in [7, 11) is 0. The molecule has 0 unspecified atom stereocenters. The van der Waals surface area contributed by atoms with Gasteiger partial charge in [0.15, 0.2) is 0 Å². The van der Waals surface area contributed by atoms with E-state index in [2.05, 4.69) is 12.6 Å². The molecule has 0 heterocycles. The normalized spacial score (nSPS) is 9.95. The fourth-order valence-electron chi connectivity index (χ4n) is 2.08. The molecule has 0 bridgehead atoms. The molecular weight excluding hydrogens is 246 g/mol. The van der Waals surface area contributed by atoms with Gasteiger partial charge in [0, 0.05) is 0 Å². The van der Waals surface area contributed by atoms with Gasteiger partial charge in [0.1, 0.15) is 5.75 Å². The van der Waals surface area contributed by atoms with Crippen LogP contribution in [0.3, 0.4) is 0 Å². The van der Waals surface area contributed by atoms with E-state index < -0.39 is 0 Å². The standard InChI is InChI=1S/C18H25NO/c1-2-3-4-5-6-7-8-9-16-20-18-12-10-17(11-13-18)14-15-19/h2,10-13H,1,3-9,14,16H2. The molecule has 1 rings (SSSR count). The maximum absolute atomic E-state index is 8.59. The fourth-order valence-corrected chi connectivity index (χ4v) is 2.08. The predicted molar refractivity (Wildman–Crippen MR) is 83.8 cm³/mol. The minimum atomic E-state index is 0.464. The summed E-state index contributed by atoms with van der Waals surface area (Å²) >= 11 is 0. The monoisotopic (exact) mass is 271 g/mol. The average Bonchev–Trinajstić information content (AvgIpc) is 2.47. The summed E-state index contributed by atoms with van der Waals surface area (Å²) in [4.78, 5) is 0. The Kier molecular flexibility index (Phi) is 9.06. The minimum Gasteiger partial charge on any atom is -0.494 e. The molecule has 0 fully saturated rings. The van der Waals surface area contributed by atoms with Crippen LogP contribution in [0.2, 0.25) is 0 Å². The predicted octanol–water partition coefficient (Wildman–Crippen LogP) is 5.05. The van der Waals surface area contributed by atoms with Gasteiger partial charge in [0.2, 0.25) is 0 Å². The van der Waals surface area contributed by atoms with Gasteiger partial charge >= 0.3 is 0 Å². The molecule has 0 amide bonds. The number of nitrogens with zero attached hydrogens (tertiary/aromatic N) is 1. The van der Waals surface area contributed by atoms with Crippen LogP contribution in [0, 0.1) is 11.3 Å². The molecule has 1 aromatic rings. The van der Waals surface area contributed by atoms with E-state index >= 15 is 0 Å². The molecule has 0 saturated heterocycles. The zero-order valence-corrected chi connectivity index (χ0v) is 12.3. The smallest absolute Gasteiger partial charge is 0.119 e. The van der Waals surface area contributed by atoms with Crippen LogP contribution in [0.15, 0.2) is 36.9 Å². The molecule has 2 heteroatoms. The lowest BCUT2D eigenvalue weighted by Gasteiger charge is -2.06. The van der Waals surface area contributed by atoms with Crippen LogP contribution < -0.4 is 4.74 Å². The summed E-state index contributed by atoms with van der Waals surface area (Å²) < 4.78 is 5.69. The molecule has 0 aliphatic rings. The minimum absolute atomic E-state index is 0.464. The summed E-state index contributed by atoms with van der Waals surface area (Å²) in [6.45, 7) is 4.51. The Labute approximate surface area is 123 Å². The Balaban J connectivity index is 2.01. The lowest BCUT2D eigenvalue weighted by atomic mass is 10.1. The maximum atomic E-state index is 8.59. The van der Waals surface area contributed by atoms with E-state index in [1.165, 1.54) is 32.1 Å². The molecular formula is C18H25NO. The van der Waals surface area contributed by atoms with Crippen molar-refractivity contribution in [3.05, 3.63) is 42.5 Å². The van der Waals surface area contributed by atoms with Crippen LogP contribution in [0.4, 0.5) is 0 Å². The van der Waals surface area contributed by atoms with Gasteiger partial charge < -0.3 is 4.74 Å². The quantitative estimate of drug-likeness (QED) is 0.417. The van der Waals surface area contributed by atoms with Crippen LogP contribution in [-0.4, -0.2) is 6.61 Å². The van der Waals surface area contributed by atoms with Crippen LogP contribution in [-0.2, 0) is 6.42 Å². The third-order valence-corrected chi connectivity index (χ3v) is 3.28. The van der Waals surface area contributed by atoms with Crippen molar-refractivity contribution in [2.24, 2.45) is 0 Å². The number of nitriles is 1. The van der Waals surface area contributed by atoms with Gasteiger partial charge in [-0.1, -0.05) is 43.9 Å². The molecule has 1 aromatic carbocycles. The summed E-state index contributed by atoms with van der Waals surface area (Å²) in [6.07, 6.45) is 11.1. The Bertz CT molecular complexity index is 402. The van der Waals surface area contributed by atoms with Crippen molar-refractivity contribution in [1.29, 1.82) is 5.26 Å². The lowest BCUT2D eigenvalue weighted by molar-refractivity contribution is 0.304. The Morgan fingerprint density at radius 1 is 1.00 bits per heavy atom. The van der Waals surface area contributed by atoms with E-state index in [1.807, 2.05) is 30.3 Å². The number of hydrogen-bond donors (Lipinski definition) is 0. The van der Waals surface area contributed by atoms with Gasteiger partial charge in [0.25, 0.3) is 0 Å². The van der Waals surface area contributed by atoms with Crippen LogP contribution in [0.1, 0.15) is 50.5 Å². The second-order valence-corrected chi connectivity index (χ2v) is 5.03. The molecule has 0 aliphatic heterocycles. The molecule has 2 nitrogen and oxygen atoms in total. The van der Waals surface area contributed by atoms with E-state index in [4.69, 9.17) is 10.00 Å². The topological polar surface area (TPSA) is 33.0 Å². The van der Waals surface area contributed by atoms with Crippen molar-refractivity contribution < 1.29 is 4.74 Å². The summed E-state index contributed by atoms with van der Waals surface area (Å²) in [6, 6.07) is 9.95. The van der Waals surface area contributed by atoms with E-state index in [0.29, 0.717) is 6.42 Å². The summed E-state index contributed by atoms with van der Waals surface area (Å²) in [5.41, 5.74) is 1.04. The number of ether oxygens (including phenoxy) is 1. The van der Waals surface area contributed by atoms with Gasteiger partial charge in [0.05, 0.1) is 19.1 Å². The SMILES string of the molecule is C=CCCCCCCCCOc1ccc(CC#N)cc1. The highest BCUT2D eigenvalue weighted by Gasteiger charge is 1.96. The number of unbranched alkanes of at least 4 members (excludes halogenated alkanes) is 6. The first-order valence-corrected chi connectivity index (χ1v) is 7.56. The number of allylic oxidation sites excluding steroid dienone is 1. The second-order valence-electron chi connectivity index (χ2n) is 5.03. The largest absolute Gasteiger partial charge is 0.494 e. The van der Waals surface area contributed by atoms with Crippen molar-refractivity contribution in [1.82, 2.24) is 0 Å². The maximum Gasteiger partial charge on any atom is 0.119 e. The molecule has 0 atom stereocenters. The number of benzene rings is 1. The summed E-state index contributed by atoms with van der Waals surface area (Å²) in [5.74, 6) is 0.901. The van der Waals surface area contributed by atoms with Crippen molar-refractivity contribution >= 4 is 0 Å². The lowest BCUT2D eigenvalue weighted by Crippen LogP contribution is -1.97. The Hall–Kier alpha value is -1.75. The molecule has 20 heavy (non-hydrogen) atoms. The zero-order valence-electron chi connectivity index (χ0n) is 12.3. The number of hydrogen-bond acceptors (Lipinski definition) is 2. The first kappa shape index (κ1) is 16.3.